The van der Waals surface area contributed by atoms with Gasteiger partial charge in [-0.05, 0) is 49.9 Å². The smallest absolute Gasteiger partial charge is 0.119 e. The summed E-state index contributed by atoms with van der Waals surface area (Å²) in [5.74, 6) is 1.55. The summed E-state index contributed by atoms with van der Waals surface area (Å²) in [4.78, 5) is 0. The molecular formula is C16H26N2O. The lowest BCUT2D eigenvalue weighted by molar-refractivity contribution is 0.252. The summed E-state index contributed by atoms with van der Waals surface area (Å²) in [6.45, 7) is 3.01. The zero-order chi connectivity index (χ0) is 13.7. The lowest BCUT2D eigenvalue weighted by Crippen LogP contribution is -2.42. The summed E-state index contributed by atoms with van der Waals surface area (Å²) in [7, 11) is 1.71. The number of nitrogens with one attached hydrogen (secondary N) is 1. The third-order valence-corrected chi connectivity index (χ3v) is 4.27. The molecule has 1 aliphatic rings. The van der Waals surface area contributed by atoms with E-state index in [9.17, 15) is 0 Å². The summed E-state index contributed by atoms with van der Waals surface area (Å²) < 4.78 is 5.29. The predicted octanol–water partition coefficient (Wildman–Crippen LogP) is 2.86. The Morgan fingerprint density at radius 3 is 2.89 bits per heavy atom. The van der Waals surface area contributed by atoms with Gasteiger partial charge in [0.1, 0.15) is 5.75 Å². The highest BCUT2D eigenvalue weighted by Gasteiger charge is 2.25. The Morgan fingerprint density at radius 2 is 2.16 bits per heavy atom. The average molecular weight is 262 g/mol. The van der Waals surface area contributed by atoms with E-state index in [-0.39, 0.29) is 0 Å². The number of ether oxygens (including phenoxy) is 1. The maximum atomic E-state index is 5.89. The minimum atomic E-state index is 0.340. The first-order valence-corrected chi connectivity index (χ1v) is 7.34. The SMILES string of the molecule is COc1cccc([C@H](C)NC2CCCCC2CN)c1. The second-order valence-electron chi connectivity index (χ2n) is 5.55. The highest BCUT2D eigenvalue weighted by Crippen LogP contribution is 2.27. The molecule has 0 spiro atoms. The number of benzene rings is 1. The molecule has 3 heteroatoms. The molecular weight excluding hydrogens is 236 g/mol. The van der Waals surface area contributed by atoms with E-state index < -0.39 is 0 Å². The second kappa shape index (κ2) is 6.92. The van der Waals surface area contributed by atoms with Gasteiger partial charge in [-0.1, -0.05) is 25.0 Å². The molecule has 19 heavy (non-hydrogen) atoms. The van der Waals surface area contributed by atoms with Crippen molar-refractivity contribution in [2.45, 2.75) is 44.7 Å². The van der Waals surface area contributed by atoms with Gasteiger partial charge < -0.3 is 15.8 Å². The molecule has 1 aromatic rings. The maximum Gasteiger partial charge on any atom is 0.119 e. The topological polar surface area (TPSA) is 47.3 Å². The van der Waals surface area contributed by atoms with Crippen molar-refractivity contribution in [3.63, 3.8) is 0 Å². The van der Waals surface area contributed by atoms with Gasteiger partial charge in [-0.2, -0.15) is 0 Å². The van der Waals surface area contributed by atoms with E-state index in [1.165, 1.54) is 31.2 Å². The molecule has 3 N–H and O–H groups in total. The maximum absolute atomic E-state index is 5.89. The van der Waals surface area contributed by atoms with E-state index in [4.69, 9.17) is 10.5 Å². The molecule has 0 radical (unpaired) electrons. The van der Waals surface area contributed by atoms with E-state index in [1.807, 2.05) is 12.1 Å². The molecule has 1 saturated carbocycles. The molecule has 1 aliphatic carbocycles. The quantitative estimate of drug-likeness (QED) is 0.858. The number of hydrogen-bond donors (Lipinski definition) is 2. The second-order valence-corrected chi connectivity index (χ2v) is 5.55. The Kier molecular flexibility index (Phi) is 5.23. The van der Waals surface area contributed by atoms with Crippen LogP contribution in [0.15, 0.2) is 24.3 Å². The van der Waals surface area contributed by atoms with Gasteiger partial charge in [0, 0.05) is 12.1 Å². The zero-order valence-corrected chi connectivity index (χ0v) is 12.1. The lowest BCUT2D eigenvalue weighted by Gasteiger charge is -2.34. The molecule has 3 nitrogen and oxygen atoms in total. The van der Waals surface area contributed by atoms with E-state index in [0.717, 1.165) is 12.3 Å². The molecule has 0 saturated heterocycles. The standard InChI is InChI=1S/C16H26N2O/c1-12(13-7-5-8-15(10-13)19-2)18-16-9-4-3-6-14(16)11-17/h5,7-8,10,12,14,16,18H,3-4,6,9,11,17H2,1-2H3/t12-,14?,16?/m0/s1. The molecule has 0 aromatic heterocycles. The van der Waals surface area contributed by atoms with Crippen LogP contribution >= 0.6 is 0 Å². The number of rotatable bonds is 5. The molecule has 0 heterocycles. The van der Waals surface area contributed by atoms with Crippen molar-refractivity contribution in [2.75, 3.05) is 13.7 Å². The molecule has 0 amide bonds. The average Bonchev–Trinajstić information content (AvgIpc) is 2.47. The molecule has 0 bridgehead atoms. The van der Waals surface area contributed by atoms with Gasteiger partial charge in [0.2, 0.25) is 0 Å². The Balaban J connectivity index is 2.00. The van der Waals surface area contributed by atoms with Crippen LogP contribution in [0.2, 0.25) is 0 Å². The van der Waals surface area contributed by atoms with Crippen molar-refractivity contribution < 1.29 is 4.74 Å². The van der Waals surface area contributed by atoms with E-state index in [1.54, 1.807) is 7.11 Å². The minimum Gasteiger partial charge on any atom is -0.497 e. The fourth-order valence-electron chi connectivity index (χ4n) is 3.04. The van der Waals surface area contributed by atoms with Crippen molar-refractivity contribution in [2.24, 2.45) is 11.7 Å². The highest BCUT2D eigenvalue weighted by atomic mass is 16.5. The van der Waals surface area contributed by atoms with Crippen molar-refractivity contribution >= 4 is 0 Å². The third-order valence-electron chi connectivity index (χ3n) is 4.27. The monoisotopic (exact) mass is 262 g/mol. The van der Waals surface area contributed by atoms with Crippen molar-refractivity contribution in [3.05, 3.63) is 29.8 Å². The van der Waals surface area contributed by atoms with Crippen LogP contribution < -0.4 is 15.8 Å². The lowest BCUT2D eigenvalue weighted by atomic mass is 9.84. The molecule has 1 fully saturated rings. The van der Waals surface area contributed by atoms with Gasteiger partial charge in [-0.15, -0.1) is 0 Å². The van der Waals surface area contributed by atoms with Crippen LogP contribution in [0.5, 0.6) is 5.75 Å². The van der Waals surface area contributed by atoms with Gasteiger partial charge in [0.15, 0.2) is 0 Å². The van der Waals surface area contributed by atoms with Crippen LogP contribution in [0, 0.1) is 5.92 Å². The molecule has 3 atom stereocenters. The molecule has 2 rings (SSSR count). The van der Waals surface area contributed by atoms with Crippen LogP contribution in [0.4, 0.5) is 0 Å². The van der Waals surface area contributed by atoms with Gasteiger partial charge in [-0.25, -0.2) is 0 Å². The third kappa shape index (κ3) is 3.71. The fourth-order valence-corrected chi connectivity index (χ4v) is 3.04. The van der Waals surface area contributed by atoms with Gasteiger partial charge in [0.25, 0.3) is 0 Å². The first kappa shape index (κ1) is 14.4. The van der Waals surface area contributed by atoms with Crippen LogP contribution in [-0.4, -0.2) is 19.7 Å². The molecule has 0 aliphatic heterocycles. The summed E-state index contributed by atoms with van der Waals surface area (Å²) in [5.41, 5.74) is 7.17. The predicted molar refractivity (Wildman–Crippen MR) is 79.3 cm³/mol. The van der Waals surface area contributed by atoms with Gasteiger partial charge in [-0.3, -0.25) is 0 Å². The van der Waals surface area contributed by atoms with Crippen molar-refractivity contribution in [1.29, 1.82) is 0 Å². The van der Waals surface area contributed by atoms with E-state index >= 15 is 0 Å². The van der Waals surface area contributed by atoms with Gasteiger partial charge >= 0.3 is 0 Å². The molecule has 2 unspecified atom stereocenters. The van der Waals surface area contributed by atoms with Crippen LogP contribution in [0.1, 0.15) is 44.2 Å². The molecule has 1 aromatic carbocycles. The Hall–Kier alpha value is -1.06. The van der Waals surface area contributed by atoms with E-state index in [2.05, 4.69) is 24.4 Å². The number of methoxy groups -OCH3 is 1. The van der Waals surface area contributed by atoms with Crippen LogP contribution in [-0.2, 0) is 0 Å². The summed E-state index contributed by atoms with van der Waals surface area (Å²) >= 11 is 0. The normalized spacial score (nSPS) is 25.0. The Morgan fingerprint density at radius 1 is 1.37 bits per heavy atom. The molecule has 106 valence electrons. The van der Waals surface area contributed by atoms with Crippen molar-refractivity contribution in [1.82, 2.24) is 5.32 Å². The number of nitrogens with two attached hydrogens (primary N) is 1. The summed E-state index contributed by atoms with van der Waals surface area (Å²) in [6.07, 6.45) is 5.15. The zero-order valence-electron chi connectivity index (χ0n) is 12.1. The fraction of sp³-hybridized carbons (Fsp3) is 0.625. The largest absolute Gasteiger partial charge is 0.497 e. The highest BCUT2D eigenvalue weighted by molar-refractivity contribution is 5.30. The van der Waals surface area contributed by atoms with Crippen LogP contribution in [0.3, 0.4) is 0 Å². The summed E-state index contributed by atoms with van der Waals surface area (Å²) in [5, 5.41) is 3.75. The first-order valence-electron chi connectivity index (χ1n) is 7.34. The minimum absolute atomic E-state index is 0.340. The van der Waals surface area contributed by atoms with Gasteiger partial charge in [0.05, 0.1) is 7.11 Å². The van der Waals surface area contributed by atoms with Crippen LogP contribution in [0.25, 0.3) is 0 Å². The van der Waals surface area contributed by atoms with Crippen molar-refractivity contribution in [3.8, 4) is 5.75 Å². The first-order chi connectivity index (χ1) is 9.24. The van der Waals surface area contributed by atoms with E-state index in [0.29, 0.717) is 18.0 Å². The Bertz CT molecular complexity index is 394. The summed E-state index contributed by atoms with van der Waals surface area (Å²) in [6, 6.07) is 9.19. The Labute approximate surface area is 116 Å². The number of hydrogen-bond acceptors (Lipinski definition) is 3.